The summed E-state index contributed by atoms with van der Waals surface area (Å²) in [6.07, 6.45) is 0.828. The molecule has 0 fully saturated rings. The van der Waals surface area contributed by atoms with Crippen LogP contribution in [0.15, 0.2) is 22.7 Å². The standard InChI is InChI=1S/C12H11BrN2/c1-2-3-4-7-15-11-6-5-10(9-14)12(13)8-11/h5-6,8,15H,4,7H2,1H3. The van der Waals surface area contributed by atoms with Crippen LogP contribution in [0.4, 0.5) is 5.69 Å². The van der Waals surface area contributed by atoms with Gasteiger partial charge in [-0.15, -0.1) is 11.8 Å². The van der Waals surface area contributed by atoms with E-state index >= 15 is 0 Å². The van der Waals surface area contributed by atoms with Crippen LogP contribution >= 0.6 is 15.9 Å². The molecule has 1 rings (SSSR count). The monoisotopic (exact) mass is 262 g/mol. The van der Waals surface area contributed by atoms with Crippen molar-refractivity contribution in [3.8, 4) is 17.9 Å². The Hall–Kier alpha value is -1.45. The third-order valence-electron chi connectivity index (χ3n) is 1.85. The molecule has 0 saturated carbocycles. The lowest BCUT2D eigenvalue weighted by Crippen LogP contribution is -2.00. The van der Waals surface area contributed by atoms with Gasteiger partial charge in [0.15, 0.2) is 0 Å². The normalized spacial score (nSPS) is 8.60. The van der Waals surface area contributed by atoms with Gasteiger partial charge in [-0.1, -0.05) is 0 Å². The SMILES string of the molecule is CC#CCCNc1ccc(C#N)c(Br)c1. The highest BCUT2D eigenvalue weighted by Gasteiger charge is 1.99. The first-order valence-electron chi connectivity index (χ1n) is 4.61. The van der Waals surface area contributed by atoms with Gasteiger partial charge in [-0.05, 0) is 41.1 Å². The third kappa shape index (κ3) is 3.65. The van der Waals surface area contributed by atoms with Crippen LogP contribution in [0.1, 0.15) is 18.9 Å². The predicted octanol–water partition coefficient (Wildman–Crippen LogP) is 3.15. The van der Waals surface area contributed by atoms with Crippen LogP contribution in [0.5, 0.6) is 0 Å². The van der Waals surface area contributed by atoms with Gasteiger partial charge >= 0.3 is 0 Å². The second-order valence-electron chi connectivity index (χ2n) is 2.91. The lowest BCUT2D eigenvalue weighted by Gasteiger charge is -2.04. The van der Waals surface area contributed by atoms with E-state index in [2.05, 4.69) is 39.2 Å². The molecule has 1 aromatic rings. The van der Waals surface area contributed by atoms with E-state index < -0.39 is 0 Å². The Balaban J connectivity index is 2.59. The molecule has 2 nitrogen and oxygen atoms in total. The Bertz CT molecular complexity index is 435. The van der Waals surface area contributed by atoms with E-state index in [9.17, 15) is 0 Å². The zero-order valence-corrected chi connectivity index (χ0v) is 10.1. The van der Waals surface area contributed by atoms with Gasteiger partial charge in [0.1, 0.15) is 6.07 Å². The zero-order chi connectivity index (χ0) is 11.1. The van der Waals surface area contributed by atoms with Gasteiger partial charge < -0.3 is 5.32 Å². The lowest BCUT2D eigenvalue weighted by molar-refractivity contribution is 1.10. The van der Waals surface area contributed by atoms with Crippen LogP contribution in [0.3, 0.4) is 0 Å². The summed E-state index contributed by atoms with van der Waals surface area (Å²) in [6.45, 7) is 2.65. The predicted molar refractivity (Wildman–Crippen MR) is 65.4 cm³/mol. The fraction of sp³-hybridized carbons (Fsp3) is 0.250. The van der Waals surface area contributed by atoms with Crippen molar-refractivity contribution in [3.63, 3.8) is 0 Å². The van der Waals surface area contributed by atoms with Gasteiger partial charge in [0.25, 0.3) is 0 Å². The van der Waals surface area contributed by atoms with Crippen LogP contribution in [0.2, 0.25) is 0 Å². The van der Waals surface area contributed by atoms with Gasteiger partial charge in [-0.25, -0.2) is 0 Å². The molecule has 0 bridgehead atoms. The van der Waals surface area contributed by atoms with Crippen molar-refractivity contribution in [1.29, 1.82) is 5.26 Å². The largest absolute Gasteiger partial charge is 0.384 e. The maximum atomic E-state index is 8.74. The molecule has 3 heteroatoms. The molecule has 0 spiro atoms. The van der Waals surface area contributed by atoms with Crippen LogP contribution in [-0.4, -0.2) is 6.54 Å². The molecule has 0 unspecified atom stereocenters. The van der Waals surface area contributed by atoms with Crippen molar-refractivity contribution in [1.82, 2.24) is 0 Å². The summed E-state index contributed by atoms with van der Waals surface area (Å²) in [4.78, 5) is 0. The average molecular weight is 263 g/mol. The van der Waals surface area contributed by atoms with Crippen molar-refractivity contribution in [2.24, 2.45) is 0 Å². The summed E-state index contributed by atoms with van der Waals surface area (Å²) < 4.78 is 0.816. The fourth-order valence-corrected chi connectivity index (χ4v) is 1.58. The lowest BCUT2D eigenvalue weighted by atomic mass is 10.2. The second kappa shape index (κ2) is 6.11. The summed E-state index contributed by atoms with van der Waals surface area (Å²) in [5.74, 6) is 5.82. The topological polar surface area (TPSA) is 35.8 Å². The minimum Gasteiger partial charge on any atom is -0.384 e. The van der Waals surface area contributed by atoms with Crippen LogP contribution < -0.4 is 5.32 Å². The van der Waals surface area contributed by atoms with Crippen LogP contribution in [0.25, 0.3) is 0 Å². The van der Waals surface area contributed by atoms with E-state index in [-0.39, 0.29) is 0 Å². The number of benzene rings is 1. The van der Waals surface area contributed by atoms with Crippen molar-refractivity contribution in [2.45, 2.75) is 13.3 Å². The molecule has 76 valence electrons. The Morgan fingerprint density at radius 1 is 1.47 bits per heavy atom. The van der Waals surface area contributed by atoms with E-state index in [1.54, 1.807) is 6.07 Å². The molecular weight excluding hydrogens is 252 g/mol. The maximum absolute atomic E-state index is 8.74. The van der Waals surface area contributed by atoms with Gasteiger partial charge in [0.05, 0.1) is 5.56 Å². The first-order chi connectivity index (χ1) is 7.27. The van der Waals surface area contributed by atoms with Gasteiger partial charge in [-0.3, -0.25) is 0 Å². The van der Waals surface area contributed by atoms with E-state index in [0.29, 0.717) is 5.56 Å². The molecule has 0 aliphatic carbocycles. The molecule has 0 aliphatic rings. The molecule has 0 amide bonds. The van der Waals surface area contributed by atoms with E-state index in [4.69, 9.17) is 5.26 Å². The van der Waals surface area contributed by atoms with Crippen LogP contribution in [0, 0.1) is 23.2 Å². The van der Waals surface area contributed by atoms with Crippen LogP contribution in [-0.2, 0) is 0 Å². The molecule has 0 aliphatic heterocycles. The number of nitrogens with zero attached hydrogens (tertiary/aromatic N) is 1. The molecule has 0 aromatic heterocycles. The molecule has 0 heterocycles. The van der Waals surface area contributed by atoms with Gasteiger partial charge in [0.2, 0.25) is 0 Å². The maximum Gasteiger partial charge on any atom is 0.100 e. The zero-order valence-electron chi connectivity index (χ0n) is 8.47. The number of hydrogen-bond acceptors (Lipinski definition) is 2. The quantitative estimate of drug-likeness (QED) is 0.671. The minimum absolute atomic E-state index is 0.647. The smallest absolute Gasteiger partial charge is 0.100 e. The van der Waals surface area contributed by atoms with Crippen molar-refractivity contribution in [3.05, 3.63) is 28.2 Å². The van der Waals surface area contributed by atoms with Gasteiger partial charge in [-0.2, -0.15) is 5.26 Å². The highest BCUT2D eigenvalue weighted by Crippen LogP contribution is 2.20. The highest BCUT2D eigenvalue weighted by molar-refractivity contribution is 9.10. The van der Waals surface area contributed by atoms with E-state index in [1.807, 2.05) is 19.1 Å². The number of halogens is 1. The Morgan fingerprint density at radius 2 is 2.27 bits per heavy atom. The first-order valence-corrected chi connectivity index (χ1v) is 5.40. The minimum atomic E-state index is 0.647. The highest BCUT2D eigenvalue weighted by atomic mass is 79.9. The Kier molecular flexibility index (Phi) is 4.74. The number of rotatable bonds is 3. The molecule has 1 aromatic carbocycles. The molecule has 0 radical (unpaired) electrons. The first kappa shape index (κ1) is 11.6. The molecule has 0 saturated heterocycles. The molecule has 15 heavy (non-hydrogen) atoms. The van der Waals surface area contributed by atoms with Crippen molar-refractivity contribution >= 4 is 21.6 Å². The average Bonchev–Trinajstić information content (AvgIpc) is 2.25. The van der Waals surface area contributed by atoms with Gasteiger partial charge in [0, 0.05) is 23.1 Å². The summed E-state index contributed by atoms with van der Waals surface area (Å²) >= 11 is 3.34. The number of hydrogen-bond donors (Lipinski definition) is 1. The number of nitrogens with one attached hydrogen (secondary N) is 1. The molecule has 0 atom stereocenters. The fourth-order valence-electron chi connectivity index (χ4n) is 1.11. The summed E-state index contributed by atoms with van der Waals surface area (Å²) in [5.41, 5.74) is 1.65. The Morgan fingerprint density at radius 3 is 2.87 bits per heavy atom. The third-order valence-corrected chi connectivity index (χ3v) is 2.50. The van der Waals surface area contributed by atoms with Crippen molar-refractivity contribution in [2.75, 3.05) is 11.9 Å². The molecular formula is C12H11BrN2. The Labute approximate surface area is 98.4 Å². The van der Waals surface area contributed by atoms with E-state index in [1.165, 1.54) is 0 Å². The second-order valence-corrected chi connectivity index (χ2v) is 3.76. The molecule has 1 N–H and O–H groups in total. The summed E-state index contributed by atoms with van der Waals surface area (Å²) in [6, 6.07) is 7.68. The number of nitriles is 1. The summed E-state index contributed by atoms with van der Waals surface area (Å²) in [7, 11) is 0. The summed E-state index contributed by atoms with van der Waals surface area (Å²) in [5, 5.41) is 12.0. The van der Waals surface area contributed by atoms with E-state index in [0.717, 1.165) is 23.1 Å². The van der Waals surface area contributed by atoms with Crippen molar-refractivity contribution < 1.29 is 0 Å². The number of anilines is 1.